The molecule has 6 nitrogen and oxygen atoms in total. The molecule has 0 aromatic carbocycles. The summed E-state index contributed by atoms with van der Waals surface area (Å²) in [4.78, 5) is 14.8. The summed E-state index contributed by atoms with van der Waals surface area (Å²) >= 11 is 0. The number of aryl methyl sites for hydroxylation is 1. The molecule has 0 radical (unpaired) electrons. The number of anilines is 2. The second-order valence-electron chi connectivity index (χ2n) is 2.89. The van der Waals surface area contributed by atoms with Crippen LogP contribution in [0.1, 0.15) is 5.69 Å². The highest BCUT2D eigenvalue weighted by Crippen LogP contribution is 2.24. The highest BCUT2D eigenvalue weighted by atomic mass is 15.0. The van der Waals surface area contributed by atoms with Crippen LogP contribution in [0.25, 0.3) is 11.3 Å². The van der Waals surface area contributed by atoms with Crippen molar-refractivity contribution in [1.29, 1.82) is 0 Å². The minimum atomic E-state index is 0.184. The van der Waals surface area contributed by atoms with Crippen LogP contribution in [0.2, 0.25) is 0 Å². The molecule has 0 saturated heterocycles. The zero-order valence-corrected chi connectivity index (χ0v) is 7.65. The van der Waals surface area contributed by atoms with Gasteiger partial charge in [0.15, 0.2) is 0 Å². The smallest absolute Gasteiger partial charge is 0.222 e. The van der Waals surface area contributed by atoms with E-state index < -0.39 is 0 Å². The number of nitrogens with two attached hydrogens (primary N) is 2. The average molecular weight is 190 g/mol. The second kappa shape index (κ2) is 2.99. The number of imidazole rings is 1. The van der Waals surface area contributed by atoms with Gasteiger partial charge in [0.1, 0.15) is 5.82 Å². The van der Waals surface area contributed by atoms with Crippen molar-refractivity contribution in [3.05, 3.63) is 18.2 Å². The molecule has 2 aromatic heterocycles. The number of hydrogen-bond donors (Lipinski definition) is 3. The van der Waals surface area contributed by atoms with Crippen molar-refractivity contribution in [3.8, 4) is 11.3 Å². The third-order valence-corrected chi connectivity index (χ3v) is 1.90. The Morgan fingerprint density at radius 2 is 2.07 bits per heavy atom. The van der Waals surface area contributed by atoms with Crippen LogP contribution in [-0.4, -0.2) is 19.9 Å². The van der Waals surface area contributed by atoms with E-state index in [9.17, 15) is 0 Å². The third kappa shape index (κ3) is 1.26. The molecule has 0 fully saturated rings. The van der Waals surface area contributed by atoms with Crippen molar-refractivity contribution in [1.82, 2.24) is 19.9 Å². The van der Waals surface area contributed by atoms with Gasteiger partial charge in [0, 0.05) is 0 Å². The van der Waals surface area contributed by atoms with Gasteiger partial charge in [0.25, 0.3) is 0 Å². The zero-order valence-electron chi connectivity index (χ0n) is 7.65. The van der Waals surface area contributed by atoms with Gasteiger partial charge in [-0.25, -0.2) is 9.97 Å². The number of rotatable bonds is 1. The van der Waals surface area contributed by atoms with Crippen LogP contribution in [0.15, 0.2) is 12.5 Å². The quantitative estimate of drug-likeness (QED) is 0.601. The summed E-state index contributed by atoms with van der Waals surface area (Å²) in [5.74, 6) is 0.544. The first-order valence-corrected chi connectivity index (χ1v) is 4.07. The summed E-state index contributed by atoms with van der Waals surface area (Å²) in [6.07, 6.45) is 3.24. The van der Waals surface area contributed by atoms with E-state index in [0.717, 1.165) is 17.0 Å². The number of nitrogens with one attached hydrogen (secondary N) is 1. The van der Waals surface area contributed by atoms with Gasteiger partial charge >= 0.3 is 0 Å². The van der Waals surface area contributed by atoms with Crippen molar-refractivity contribution < 1.29 is 0 Å². The van der Waals surface area contributed by atoms with Crippen molar-refractivity contribution in [2.45, 2.75) is 6.92 Å². The molecule has 0 amide bonds. The van der Waals surface area contributed by atoms with Crippen LogP contribution in [0.4, 0.5) is 11.8 Å². The second-order valence-corrected chi connectivity index (χ2v) is 2.89. The fourth-order valence-electron chi connectivity index (χ4n) is 1.34. The van der Waals surface area contributed by atoms with Gasteiger partial charge in [0.05, 0.1) is 29.5 Å². The predicted molar refractivity (Wildman–Crippen MR) is 53.2 cm³/mol. The predicted octanol–water partition coefficient (Wildman–Crippen LogP) is 0.340. The molecule has 0 spiro atoms. The van der Waals surface area contributed by atoms with E-state index in [4.69, 9.17) is 11.5 Å². The summed E-state index contributed by atoms with van der Waals surface area (Å²) in [5, 5.41) is 0. The highest BCUT2D eigenvalue weighted by molar-refractivity contribution is 5.73. The molecule has 2 rings (SSSR count). The Morgan fingerprint density at radius 1 is 1.29 bits per heavy atom. The molecular formula is C8H10N6. The van der Waals surface area contributed by atoms with Crippen molar-refractivity contribution in [2.75, 3.05) is 11.5 Å². The monoisotopic (exact) mass is 190 g/mol. The van der Waals surface area contributed by atoms with E-state index in [-0.39, 0.29) is 5.95 Å². The lowest BCUT2D eigenvalue weighted by molar-refractivity contribution is 1.12. The van der Waals surface area contributed by atoms with E-state index in [1.807, 2.05) is 6.92 Å². The average Bonchev–Trinajstić information content (AvgIpc) is 2.54. The largest absolute Gasteiger partial charge is 0.383 e. The van der Waals surface area contributed by atoms with E-state index >= 15 is 0 Å². The minimum absolute atomic E-state index is 0.184. The van der Waals surface area contributed by atoms with Crippen LogP contribution in [0, 0.1) is 6.92 Å². The lowest BCUT2D eigenvalue weighted by Gasteiger charge is -2.06. The lowest BCUT2D eigenvalue weighted by atomic mass is 10.2. The molecular weight excluding hydrogens is 180 g/mol. The van der Waals surface area contributed by atoms with Gasteiger partial charge in [-0.15, -0.1) is 0 Å². The van der Waals surface area contributed by atoms with Gasteiger partial charge in [-0.1, -0.05) is 0 Å². The zero-order chi connectivity index (χ0) is 10.1. The van der Waals surface area contributed by atoms with Gasteiger partial charge in [-0.3, -0.25) is 0 Å². The molecule has 0 aliphatic rings. The highest BCUT2D eigenvalue weighted by Gasteiger charge is 2.10. The molecule has 0 aliphatic heterocycles. The van der Waals surface area contributed by atoms with E-state index in [0.29, 0.717) is 5.82 Å². The first-order valence-electron chi connectivity index (χ1n) is 4.07. The molecule has 2 aromatic rings. The maximum Gasteiger partial charge on any atom is 0.222 e. The van der Waals surface area contributed by atoms with E-state index in [1.165, 1.54) is 0 Å². The first-order chi connectivity index (χ1) is 6.68. The SMILES string of the molecule is Cc1nc(N)nc(N)c1-c1cnc[nH]1. The summed E-state index contributed by atoms with van der Waals surface area (Å²) in [5.41, 5.74) is 13.5. The summed E-state index contributed by atoms with van der Waals surface area (Å²) < 4.78 is 0. The van der Waals surface area contributed by atoms with Crippen molar-refractivity contribution in [2.24, 2.45) is 0 Å². The number of nitrogens with zero attached hydrogens (tertiary/aromatic N) is 3. The Bertz CT molecular complexity index is 424. The molecule has 72 valence electrons. The topological polar surface area (TPSA) is 106 Å². The number of hydrogen-bond acceptors (Lipinski definition) is 5. The maximum atomic E-state index is 5.73. The van der Waals surface area contributed by atoms with Crippen LogP contribution in [-0.2, 0) is 0 Å². The first kappa shape index (κ1) is 8.49. The number of aromatic nitrogens is 4. The molecule has 5 N–H and O–H groups in total. The third-order valence-electron chi connectivity index (χ3n) is 1.90. The van der Waals surface area contributed by atoms with Crippen LogP contribution in [0.5, 0.6) is 0 Å². The van der Waals surface area contributed by atoms with E-state index in [2.05, 4.69) is 19.9 Å². The maximum absolute atomic E-state index is 5.73. The lowest BCUT2D eigenvalue weighted by Crippen LogP contribution is -2.04. The fraction of sp³-hybridized carbons (Fsp3) is 0.125. The number of aromatic amines is 1. The molecule has 0 atom stereocenters. The molecule has 0 aliphatic carbocycles. The Morgan fingerprint density at radius 3 is 2.64 bits per heavy atom. The van der Waals surface area contributed by atoms with Crippen molar-refractivity contribution in [3.63, 3.8) is 0 Å². The standard InChI is InChI=1S/C8H10N6/c1-4-6(5-2-11-3-12-5)7(9)14-8(10)13-4/h2-3H,1H3,(H,11,12)(H4,9,10,13,14). The molecule has 2 heterocycles. The van der Waals surface area contributed by atoms with Gasteiger partial charge in [0.2, 0.25) is 5.95 Å². The Kier molecular flexibility index (Phi) is 1.81. The number of H-pyrrole nitrogens is 1. The molecule has 6 heteroatoms. The summed E-state index contributed by atoms with van der Waals surface area (Å²) in [6.45, 7) is 1.82. The van der Waals surface area contributed by atoms with Gasteiger partial charge < -0.3 is 16.5 Å². The molecule has 0 unspecified atom stereocenters. The fourth-order valence-corrected chi connectivity index (χ4v) is 1.34. The van der Waals surface area contributed by atoms with Gasteiger partial charge in [-0.05, 0) is 6.92 Å². The van der Waals surface area contributed by atoms with Crippen LogP contribution >= 0.6 is 0 Å². The van der Waals surface area contributed by atoms with Crippen molar-refractivity contribution >= 4 is 11.8 Å². The Hall–Kier alpha value is -2.11. The summed E-state index contributed by atoms with van der Waals surface area (Å²) in [7, 11) is 0. The molecule has 0 saturated carbocycles. The summed E-state index contributed by atoms with van der Waals surface area (Å²) in [6, 6.07) is 0. The minimum Gasteiger partial charge on any atom is -0.383 e. The van der Waals surface area contributed by atoms with Gasteiger partial charge in [-0.2, -0.15) is 4.98 Å². The van der Waals surface area contributed by atoms with Crippen LogP contribution in [0.3, 0.4) is 0 Å². The molecule has 14 heavy (non-hydrogen) atoms. The molecule has 0 bridgehead atoms. The van der Waals surface area contributed by atoms with E-state index in [1.54, 1.807) is 12.5 Å². The van der Waals surface area contributed by atoms with Crippen LogP contribution < -0.4 is 11.5 Å². The number of nitrogen functional groups attached to an aromatic ring is 2. The normalized spacial score (nSPS) is 10.4. The Balaban J connectivity index is 2.64. The Labute approximate surface area is 80.4 Å².